The van der Waals surface area contributed by atoms with E-state index in [1.54, 1.807) is 28.1 Å². The number of aliphatic hydroxyl groups is 1. The fraction of sp³-hybridized carbons (Fsp3) is 0.733. The minimum Gasteiger partial charge on any atom is -0.493 e. The topological polar surface area (TPSA) is 146 Å². The van der Waals surface area contributed by atoms with E-state index in [1.165, 1.54) is 0 Å². The maximum atomic E-state index is 12.9. The second kappa shape index (κ2) is 16.7. The zero-order valence-electron chi connectivity index (χ0n) is 25.3. The van der Waals surface area contributed by atoms with Gasteiger partial charge in [0.15, 0.2) is 11.5 Å². The summed E-state index contributed by atoms with van der Waals surface area (Å²) in [5.41, 5.74) is 12.2. The smallest absolute Gasteiger partial charge is 0.224 e. The van der Waals surface area contributed by atoms with Gasteiger partial charge in [0.2, 0.25) is 11.8 Å². The van der Waals surface area contributed by atoms with Gasteiger partial charge in [-0.05, 0) is 68.6 Å². The van der Waals surface area contributed by atoms with Gasteiger partial charge in [0, 0.05) is 38.6 Å². The van der Waals surface area contributed by atoms with Crippen LogP contribution in [-0.2, 0) is 20.7 Å². The molecule has 0 spiro atoms. The molecule has 0 bridgehead atoms. The number of rotatable bonds is 19. The van der Waals surface area contributed by atoms with Crippen LogP contribution in [0.5, 0.6) is 11.5 Å². The number of nitrogens with two attached hydrogens (primary N) is 2. The van der Waals surface area contributed by atoms with Crippen molar-refractivity contribution in [2.24, 2.45) is 40.6 Å². The van der Waals surface area contributed by atoms with Crippen molar-refractivity contribution in [2.75, 3.05) is 34.0 Å². The third-order valence-electron chi connectivity index (χ3n) is 7.50. The molecule has 1 aromatic carbocycles. The summed E-state index contributed by atoms with van der Waals surface area (Å²) in [5, 5.41) is 13.9. The number of carbonyl (C=O) groups is 2. The third-order valence-corrected chi connectivity index (χ3v) is 7.50. The quantitative estimate of drug-likeness (QED) is 0.193. The molecule has 0 aromatic heterocycles. The average Bonchev–Trinajstić information content (AvgIpc) is 2.87. The van der Waals surface area contributed by atoms with E-state index in [-0.39, 0.29) is 30.7 Å². The third kappa shape index (κ3) is 11.7. The average molecular weight is 552 g/mol. The van der Waals surface area contributed by atoms with Crippen LogP contribution in [0.4, 0.5) is 0 Å². The summed E-state index contributed by atoms with van der Waals surface area (Å²) < 4.78 is 16.5. The van der Waals surface area contributed by atoms with Crippen LogP contribution in [0.15, 0.2) is 18.2 Å². The molecule has 224 valence electrons. The standard InChI is InChI=1S/C30H53N3O6/c1-19(2)22(14-21-10-11-26(38-8)27(15-21)39-13-9-12-37-7)16-24(31)25(34)17-23(20(3)4)28(35)33-18-30(5,6)29(32)36/h10-11,15,19-20,22-25,34H,9,12-14,16-18,31H2,1-8H3,(H2,32,36)(H,33,35)/t22-,23+,24?,25-/m0/s1. The summed E-state index contributed by atoms with van der Waals surface area (Å²) in [6.45, 7) is 12.9. The summed E-state index contributed by atoms with van der Waals surface area (Å²) in [7, 11) is 3.29. The predicted octanol–water partition coefficient (Wildman–Crippen LogP) is 3.29. The second-order valence-electron chi connectivity index (χ2n) is 11.9. The number of primary amides is 1. The van der Waals surface area contributed by atoms with Crippen LogP contribution in [0.2, 0.25) is 0 Å². The van der Waals surface area contributed by atoms with Gasteiger partial charge in [0.25, 0.3) is 0 Å². The summed E-state index contributed by atoms with van der Waals surface area (Å²) in [6, 6.07) is 5.47. The molecule has 0 aliphatic rings. The monoisotopic (exact) mass is 551 g/mol. The van der Waals surface area contributed by atoms with E-state index < -0.39 is 29.4 Å². The summed E-state index contributed by atoms with van der Waals surface area (Å²) in [4.78, 5) is 24.5. The lowest BCUT2D eigenvalue weighted by Crippen LogP contribution is -2.46. The van der Waals surface area contributed by atoms with Gasteiger partial charge in [-0.3, -0.25) is 9.59 Å². The fourth-order valence-electron chi connectivity index (χ4n) is 4.39. The van der Waals surface area contributed by atoms with E-state index >= 15 is 0 Å². The largest absolute Gasteiger partial charge is 0.493 e. The molecular formula is C30H53N3O6. The Labute approximate surface area is 235 Å². The zero-order chi connectivity index (χ0) is 29.8. The van der Waals surface area contributed by atoms with Crippen molar-refractivity contribution in [1.82, 2.24) is 5.32 Å². The molecule has 0 aliphatic heterocycles. The van der Waals surface area contributed by atoms with Crippen LogP contribution in [0.1, 0.15) is 66.4 Å². The van der Waals surface area contributed by atoms with Crippen LogP contribution < -0.4 is 26.3 Å². The Balaban J connectivity index is 2.87. The Bertz CT molecular complexity index is 889. The first-order valence-corrected chi connectivity index (χ1v) is 14.0. The fourth-order valence-corrected chi connectivity index (χ4v) is 4.39. The first-order valence-electron chi connectivity index (χ1n) is 14.0. The molecule has 6 N–H and O–H groups in total. The maximum Gasteiger partial charge on any atom is 0.224 e. The van der Waals surface area contributed by atoms with E-state index in [2.05, 4.69) is 19.2 Å². The number of nitrogens with one attached hydrogen (secondary N) is 1. The molecule has 39 heavy (non-hydrogen) atoms. The molecule has 1 rings (SSSR count). The molecule has 9 heteroatoms. The van der Waals surface area contributed by atoms with Gasteiger partial charge in [-0.2, -0.15) is 0 Å². The predicted molar refractivity (Wildman–Crippen MR) is 155 cm³/mol. The van der Waals surface area contributed by atoms with E-state index in [0.717, 1.165) is 18.4 Å². The lowest BCUT2D eigenvalue weighted by molar-refractivity contribution is -0.130. The molecule has 1 aromatic rings. The Morgan fingerprint density at radius 3 is 2.23 bits per heavy atom. The molecule has 0 saturated carbocycles. The van der Waals surface area contributed by atoms with E-state index in [9.17, 15) is 14.7 Å². The molecule has 4 atom stereocenters. The van der Waals surface area contributed by atoms with Gasteiger partial charge in [0.05, 0.1) is 25.2 Å². The molecule has 0 fully saturated rings. The Kier molecular flexibility index (Phi) is 14.8. The zero-order valence-corrected chi connectivity index (χ0v) is 25.3. The van der Waals surface area contributed by atoms with Crippen molar-refractivity contribution in [3.8, 4) is 11.5 Å². The van der Waals surface area contributed by atoms with Crippen molar-refractivity contribution in [1.29, 1.82) is 0 Å². The minimum absolute atomic E-state index is 0.00829. The molecule has 0 aliphatic carbocycles. The highest BCUT2D eigenvalue weighted by atomic mass is 16.5. The summed E-state index contributed by atoms with van der Waals surface area (Å²) in [5.74, 6) is 0.792. The van der Waals surface area contributed by atoms with Gasteiger partial charge < -0.3 is 36.1 Å². The lowest BCUT2D eigenvalue weighted by atomic mass is 9.80. The van der Waals surface area contributed by atoms with Gasteiger partial charge in [-0.15, -0.1) is 0 Å². The summed E-state index contributed by atoms with van der Waals surface area (Å²) >= 11 is 0. The van der Waals surface area contributed by atoms with Crippen molar-refractivity contribution in [2.45, 2.75) is 79.4 Å². The second-order valence-corrected chi connectivity index (χ2v) is 11.9. The van der Waals surface area contributed by atoms with Crippen molar-refractivity contribution in [3.05, 3.63) is 23.8 Å². The molecule has 0 radical (unpaired) electrons. The Morgan fingerprint density at radius 2 is 1.69 bits per heavy atom. The first-order chi connectivity index (χ1) is 18.2. The molecule has 1 unspecified atom stereocenters. The number of hydrogen-bond donors (Lipinski definition) is 4. The molecular weight excluding hydrogens is 498 g/mol. The number of methoxy groups -OCH3 is 2. The first kappa shape index (κ1) is 34.7. The van der Waals surface area contributed by atoms with Gasteiger partial charge in [-0.25, -0.2) is 0 Å². The Morgan fingerprint density at radius 1 is 1.03 bits per heavy atom. The number of hydrogen-bond acceptors (Lipinski definition) is 7. The van der Waals surface area contributed by atoms with Crippen LogP contribution in [0.3, 0.4) is 0 Å². The van der Waals surface area contributed by atoms with Crippen LogP contribution in [-0.4, -0.2) is 63.0 Å². The highest BCUT2D eigenvalue weighted by Gasteiger charge is 2.32. The minimum atomic E-state index is -0.854. The number of amides is 2. The van der Waals surface area contributed by atoms with Crippen LogP contribution in [0, 0.1) is 29.1 Å². The highest BCUT2D eigenvalue weighted by molar-refractivity contribution is 5.83. The molecule has 0 saturated heterocycles. The SMILES string of the molecule is COCCCOc1cc(C[C@@H](CC(N)[C@@H](O)C[C@@H](C(=O)NCC(C)(C)C(N)=O)C(C)C)C(C)C)ccc1OC. The van der Waals surface area contributed by atoms with Gasteiger partial charge >= 0.3 is 0 Å². The van der Waals surface area contributed by atoms with Gasteiger partial charge in [0.1, 0.15) is 0 Å². The number of benzene rings is 1. The highest BCUT2D eigenvalue weighted by Crippen LogP contribution is 2.32. The van der Waals surface area contributed by atoms with Crippen molar-refractivity contribution >= 4 is 11.8 Å². The molecule has 9 nitrogen and oxygen atoms in total. The summed E-state index contributed by atoms with van der Waals surface area (Å²) in [6.07, 6.45) is 1.56. The number of aliphatic hydroxyl groups excluding tert-OH is 1. The number of ether oxygens (including phenoxy) is 3. The van der Waals surface area contributed by atoms with Crippen LogP contribution in [0.25, 0.3) is 0 Å². The van der Waals surface area contributed by atoms with Crippen molar-refractivity contribution < 1.29 is 28.9 Å². The number of carbonyl (C=O) groups excluding carboxylic acids is 2. The van der Waals surface area contributed by atoms with Crippen molar-refractivity contribution in [3.63, 3.8) is 0 Å². The van der Waals surface area contributed by atoms with E-state index in [4.69, 9.17) is 25.7 Å². The maximum absolute atomic E-state index is 12.9. The molecule has 2 amide bonds. The normalized spacial score (nSPS) is 15.1. The van der Waals surface area contributed by atoms with E-state index in [1.807, 2.05) is 32.0 Å². The Hall–Kier alpha value is -2.36. The van der Waals surface area contributed by atoms with E-state index in [0.29, 0.717) is 37.1 Å². The van der Waals surface area contributed by atoms with Crippen LogP contribution >= 0.6 is 0 Å². The molecule has 0 heterocycles. The van der Waals surface area contributed by atoms with Gasteiger partial charge in [-0.1, -0.05) is 33.8 Å². The lowest BCUT2D eigenvalue weighted by Gasteiger charge is -2.30.